The number of nitrogens with zero attached hydrogens (tertiary/aromatic N) is 1. The molecule has 0 saturated carbocycles. The fraction of sp³-hybridized carbons (Fsp3) is 0.538. The SMILES string of the molecule is CN(Cc1cccc(Cl)c1Cl)C1CCNCC1.Cl. The van der Waals surface area contributed by atoms with Crippen molar-refractivity contribution in [1.82, 2.24) is 10.2 Å². The molecule has 1 heterocycles. The summed E-state index contributed by atoms with van der Waals surface area (Å²) >= 11 is 12.2. The Balaban J connectivity index is 0.00000162. The zero-order valence-corrected chi connectivity index (χ0v) is 12.8. The lowest BCUT2D eigenvalue weighted by Gasteiger charge is -2.31. The highest BCUT2D eigenvalue weighted by Gasteiger charge is 2.18. The molecule has 0 amide bonds. The highest BCUT2D eigenvalue weighted by Crippen LogP contribution is 2.27. The third-order valence-corrected chi connectivity index (χ3v) is 4.24. The molecular weight excluding hydrogens is 291 g/mol. The van der Waals surface area contributed by atoms with E-state index in [1.165, 1.54) is 12.8 Å². The Hall–Kier alpha value is 0.01000. The minimum Gasteiger partial charge on any atom is -0.317 e. The maximum atomic E-state index is 6.21. The molecule has 1 saturated heterocycles. The minimum absolute atomic E-state index is 0. The fourth-order valence-electron chi connectivity index (χ4n) is 2.32. The lowest BCUT2D eigenvalue weighted by atomic mass is 10.0. The third kappa shape index (κ3) is 4.01. The topological polar surface area (TPSA) is 15.3 Å². The second kappa shape index (κ2) is 7.56. The molecule has 1 aromatic rings. The molecule has 0 spiro atoms. The van der Waals surface area contributed by atoms with Gasteiger partial charge in [0.25, 0.3) is 0 Å². The van der Waals surface area contributed by atoms with Crippen LogP contribution >= 0.6 is 35.6 Å². The summed E-state index contributed by atoms with van der Waals surface area (Å²) in [6.45, 7) is 3.08. The van der Waals surface area contributed by atoms with Crippen LogP contribution in [0.2, 0.25) is 10.0 Å². The standard InChI is InChI=1S/C13H18Cl2N2.ClH/c1-17(11-5-7-16-8-6-11)9-10-3-2-4-12(14)13(10)15;/h2-4,11,16H,5-9H2,1H3;1H. The van der Waals surface area contributed by atoms with E-state index >= 15 is 0 Å². The summed E-state index contributed by atoms with van der Waals surface area (Å²) in [7, 11) is 2.16. The summed E-state index contributed by atoms with van der Waals surface area (Å²) in [6.07, 6.45) is 2.41. The van der Waals surface area contributed by atoms with Crippen LogP contribution in [0.4, 0.5) is 0 Å². The van der Waals surface area contributed by atoms with Gasteiger partial charge in [0.2, 0.25) is 0 Å². The highest BCUT2D eigenvalue weighted by atomic mass is 35.5. The molecule has 5 heteroatoms. The third-order valence-electron chi connectivity index (χ3n) is 3.38. The van der Waals surface area contributed by atoms with E-state index in [-0.39, 0.29) is 12.4 Å². The smallest absolute Gasteiger partial charge is 0.0637 e. The first-order valence-electron chi connectivity index (χ1n) is 6.02. The summed E-state index contributed by atoms with van der Waals surface area (Å²) in [5, 5.41) is 4.71. The Labute approximate surface area is 125 Å². The van der Waals surface area contributed by atoms with Crippen LogP contribution in [-0.4, -0.2) is 31.1 Å². The van der Waals surface area contributed by atoms with Crippen molar-refractivity contribution in [3.05, 3.63) is 33.8 Å². The van der Waals surface area contributed by atoms with Crippen molar-refractivity contribution >= 4 is 35.6 Å². The quantitative estimate of drug-likeness (QED) is 0.918. The number of piperidine rings is 1. The van der Waals surface area contributed by atoms with E-state index in [0.717, 1.165) is 25.2 Å². The average Bonchev–Trinajstić information content (AvgIpc) is 2.36. The molecule has 102 valence electrons. The average molecular weight is 310 g/mol. The molecule has 0 unspecified atom stereocenters. The van der Waals surface area contributed by atoms with Crippen molar-refractivity contribution in [1.29, 1.82) is 0 Å². The molecule has 2 rings (SSSR count). The fourth-order valence-corrected chi connectivity index (χ4v) is 2.70. The zero-order valence-electron chi connectivity index (χ0n) is 10.5. The van der Waals surface area contributed by atoms with Crippen LogP contribution in [-0.2, 0) is 6.54 Å². The number of halogens is 3. The molecule has 1 aliphatic rings. The van der Waals surface area contributed by atoms with Gasteiger partial charge in [-0.05, 0) is 44.6 Å². The van der Waals surface area contributed by atoms with E-state index in [9.17, 15) is 0 Å². The Kier molecular flexibility index (Phi) is 6.75. The summed E-state index contributed by atoms with van der Waals surface area (Å²) in [5.41, 5.74) is 1.11. The summed E-state index contributed by atoms with van der Waals surface area (Å²) < 4.78 is 0. The normalized spacial score (nSPS) is 16.7. The Morgan fingerprint density at radius 3 is 2.61 bits per heavy atom. The van der Waals surface area contributed by atoms with Crippen molar-refractivity contribution < 1.29 is 0 Å². The van der Waals surface area contributed by atoms with Crippen molar-refractivity contribution in [3.63, 3.8) is 0 Å². The predicted molar refractivity (Wildman–Crippen MR) is 81.1 cm³/mol. The zero-order chi connectivity index (χ0) is 12.3. The summed E-state index contributed by atoms with van der Waals surface area (Å²) in [5.74, 6) is 0. The van der Waals surface area contributed by atoms with Gasteiger partial charge in [-0.3, -0.25) is 4.90 Å². The van der Waals surface area contributed by atoms with Crippen LogP contribution in [0, 0.1) is 0 Å². The van der Waals surface area contributed by atoms with Gasteiger partial charge in [0.15, 0.2) is 0 Å². The van der Waals surface area contributed by atoms with Gasteiger partial charge >= 0.3 is 0 Å². The molecule has 18 heavy (non-hydrogen) atoms. The number of hydrogen-bond acceptors (Lipinski definition) is 2. The van der Waals surface area contributed by atoms with Crippen LogP contribution in [0.25, 0.3) is 0 Å². The van der Waals surface area contributed by atoms with Gasteiger partial charge in [-0.2, -0.15) is 0 Å². The Bertz CT molecular complexity index is 378. The number of hydrogen-bond donors (Lipinski definition) is 1. The first kappa shape index (κ1) is 16.1. The molecular formula is C13H19Cl3N2. The molecule has 1 aromatic carbocycles. The second-order valence-corrected chi connectivity index (χ2v) is 5.39. The van der Waals surface area contributed by atoms with Crippen LogP contribution in [0.3, 0.4) is 0 Å². The predicted octanol–water partition coefficient (Wildman–Crippen LogP) is 3.60. The molecule has 2 nitrogen and oxygen atoms in total. The lowest BCUT2D eigenvalue weighted by Crippen LogP contribution is -2.40. The van der Waals surface area contributed by atoms with E-state index in [4.69, 9.17) is 23.2 Å². The van der Waals surface area contributed by atoms with Gasteiger partial charge in [0, 0.05) is 12.6 Å². The van der Waals surface area contributed by atoms with Gasteiger partial charge in [-0.25, -0.2) is 0 Å². The molecule has 0 aliphatic carbocycles. The summed E-state index contributed by atoms with van der Waals surface area (Å²) in [6, 6.07) is 6.48. The van der Waals surface area contributed by atoms with E-state index in [1.54, 1.807) is 0 Å². The Morgan fingerprint density at radius 2 is 1.94 bits per heavy atom. The highest BCUT2D eigenvalue weighted by molar-refractivity contribution is 6.42. The van der Waals surface area contributed by atoms with E-state index in [0.29, 0.717) is 16.1 Å². The molecule has 0 aromatic heterocycles. The Morgan fingerprint density at radius 1 is 1.28 bits per heavy atom. The summed E-state index contributed by atoms with van der Waals surface area (Å²) in [4.78, 5) is 2.37. The van der Waals surface area contributed by atoms with Crippen molar-refractivity contribution in [2.45, 2.75) is 25.4 Å². The van der Waals surface area contributed by atoms with E-state index in [2.05, 4.69) is 17.3 Å². The number of benzene rings is 1. The van der Waals surface area contributed by atoms with Crippen molar-refractivity contribution in [3.8, 4) is 0 Å². The van der Waals surface area contributed by atoms with E-state index in [1.807, 2.05) is 18.2 Å². The second-order valence-electron chi connectivity index (χ2n) is 4.61. The molecule has 0 bridgehead atoms. The monoisotopic (exact) mass is 308 g/mol. The van der Waals surface area contributed by atoms with Gasteiger partial charge in [-0.1, -0.05) is 35.3 Å². The van der Waals surface area contributed by atoms with Gasteiger partial charge < -0.3 is 5.32 Å². The van der Waals surface area contributed by atoms with Crippen molar-refractivity contribution in [2.24, 2.45) is 0 Å². The van der Waals surface area contributed by atoms with Crippen LogP contribution in [0.15, 0.2) is 18.2 Å². The van der Waals surface area contributed by atoms with Crippen LogP contribution in [0.1, 0.15) is 18.4 Å². The maximum absolute atomic E-state index is 6.21. The maximum Gasteiger partial charge on any atom is 0.0637 e. The first-order chi connectivity index (χ1) is 8.18. The molecule has 1 fully saturated rings. The van der Waals surface area contributed by atoms with Crippen molar-refractivity contribution in [2.75, 3.05) is 20.1 Å². The minimum atomic E-state index is 0. The molecule has 1 N–H and O–H groups in total. The first-order valence-corrected chi connectivity index (χ1v) is 6.78. The largest absolute Gasteiger partial charge is 0.317 e. The number of nitrogens with one attached hydrogen (secondary N) is 1. The van der Waals surface area contributed by atoms with Gasteiger partial charge in [0.1, 0.15) is 0 Å². The molecule has 0 radical (unpaired) electrons. The number of rotatable bonds is 3. The van der Waals surface area contributed by atoms with E-state index < -0.39 is 0 Å². The van der Waals surface area contributed by atoms with Crippen LogP contribution in [0.5, 0.6) is 0 Å². The molecule has 1 aliphatic heterocycles. The molecule has 0 atom stereocenters. The van der Waals surface area contributed by atoms with Gasteiger partial charge in [-0.15, -0.1) is 12.4 Å². The van der Waals surface area contributed by atoms with Crippen LogP contribution < -0.4 is 5.32 Å². The van der Waals surface area contributed by atoms with Gasteiger partial charge in [0.05, 0.1) is 10.0 Å². The lowest BCUT2D eigenvalue weighted by molar-refractivity contribution is 0.192.